The van der Waals surface area contributed by atoms with Crippen LogP contribution < -0.4 is 5.32 Å². The third kappa shape index (κ3) is 3.84. The summed E-state index contributed by atoms with van der Waals surface area (Å²) in [6.45, 7) is 0.218. The number of aryl methyl sites for hydroxylation is 1. The summed E-state index contributed by atoms with van der Waals surface area (Å²) in [6.07, 6.45) is -2.08. The number of nitrogens with zero attached hydrogens (tertiary/aromatic N) is 2. The summed E-state index contributed by atoms with van der Waals surface area (Å²) in [4.78, 5) is 0. The van der Waals surface area contributed by atoms with E-state index in [-0.39, 0.29) is 12.1 Å². The Labute approximate surface area is 115 Å². The molecule has 0 aliphatic heterocycles. The van der Waals surface area contributed by atoms with E-state index in [1.807, 2.05) is 0 Å². The number of hydrogen-bond donors (Lipinski definition) is 1. The third-order valence-electron chi connectivity index (χ3n) is 2.96. The zero-order chi connectivity index (χ0) is 14.6. The second-order valence-corrected chi connectivity index (χ2v) is 4.57. The normalized spacial score (nSPS) is 13.4. The molecular weight excluding hydrogens is 267 g/mol. The smallest absolute Gasteiger partial charge is 0.302 e. The lowest BCUT2D eigenvalue weighted by Crippen LogP contribution is -2.35. The van der Waals surface area contributed by atoms with Crippen LogP contribution >= 0.6 is 0 Å². The van der Waals surface area contributed by atoms with E-state index < -0.39 is 12.2 Å². The van der Waals surface area contributed by atoms with Crippen molar-refractivity contribution in [3.05, 3.63) is 53.9 Å². The van der Waals surface area contributed by atoms with Crippen LogP contribution in [-0.2, 0) is 13.5 Å². The Hall–Kier alpha value is -1.82. The van der Waals surface area contributed by atoms with Crippen LogP contribution in [0.3, 0.4) is 0 Å². The molecule has 0 bridgehead atoms. The van der Waals surface area contributed by atoms with Crippen molar-refractivity contribution in [2.75, 3.05) is 6.54 Å². The zero-order valence-corrected chi connectivity index (χ0v) is 11.1. The van der Waals surface area contributed by atoms with E-state index in [2.05, 4.69) is 10.4 Å². The van der Waals surface area contributed by atoms with Gasteiger partial charge >= 0.3 is 6.18 Å². The van der Waals surface area contributed by atoms with Gasteiger partial charge in [0.1, 0.15) is 6.04 Å². The van der Waals surface area contributed by atoms with Crippen molar-refractivity contribution in [1.82, 2.24) is 15.1 Å². The van der Waals surface area contributed by atoms with Crippen LogP contribution in [0.25, 0.3) is 0 Å². The summed E-state index contributed by atoms with van der Waals surface area (Å²) < 4.78 is 40.8. The average Bonchev–Trinajstić information content (AvgIpc) is 2.80. The van der Waals surface area contributed by atoms with Gasteiger partial charge in [0.15, 0.2) is 0 Å². The molecule has 0 fully saturated rings. The van der Waals surface area contributed by atoms with Crippen LogP contribution in [0.2, 0.25) is 0 Å². The Bertz CT molecular complexity index is 534. The highest BCUT2D eigenvalue weighted by molar-refractivity contribution is 5.20. The lowest BCUT2D eigenvalue weighted by Gasteiger charge is -2.22. The van der Waals surface area contributed by atoms with Crippen molar-refractivity contribution in [3.8, 4) is 0 Å². The molecule has 3 nitrogen and oxygen atoms in total. The second-order valence-electron chi connectivity index (χ2n) is 4.57. The van der Waals surface area contributed by atoms with Gasteiger partial charge in [0.25, 0.3) is 0 Å². The lowest BCUT2D eigenvalue weighted by molar-refractivity contribution is -0.157. The molecule has 0 spiro atoms. The minimum Gasteiger partial charge on any atom is -0.302 e. The van der Waals surface area contributed by atoms with Crippen molar-refractivity contribution in [2.45, 2.75) is 18.6 Å². The van der Waals surface area contributed by atoms with Crippen molar-refractivity contribution in [2.24, 2.45) is 7.05 Å². The number of alkyl halides is 3. The van der Waals surface area contributed by atoms with E-state index in [4.69, 9.17) is 0 Å². The molecule has 1 N–H and O–H groups in total. The summed E-state index contributed by atoms with van der Waals surface area (Å²) in [5, 5.41) is 6.70. The Balaban J connectivity index is 1.99. The van der Waals surface area contributed by atoms with Crippen LogP contribution in [0, 0.1) is 0 Å². The van der Waals surface area contributed by atoms with Gasteiger partial charge in [0.2, 0.25) is 0 Å². The van der Waals surface area contributed by atoms with E-state index in [9.17, 15) is 13.2 Å². The maximum atomic E-state index is 13.1. The Kier molecular flexibility index (Phi) is 4.44. The number of hydrogen-bond acceptors (Lipinski definition) is 2. The van der Waals surface area contributed by atoms with Crippen molar-refractivity contribution in [3.63, 3.8) is 0 Å². The van der Waals surface area contributed by atoms with Crippen molar-refractivity contribution >= 4 is 0 Å². The van der Waals surface area contributed by atoms with E-state index in [0.29, 0.717) is 6.42 Å². The fourth-order valence-corrected chi connectivity index (χ4v) is 2.01. The van der Waals surface area contributed by atoms with Gasteiger partial charge in [-0.15, -0.1) is 0 Å². The average molecular weight is 283 g/mol. The minimum atomic E-state index is -4.31. The maximum absolute atomic E-state index is 13.1. The molecule has 1 aromatic heterocycles. The Morgan fingerprint density at radius 2 is 1.90 bits per heavy atom. The van der Waals surface area contributed by atoms with Gasteiger partial charge in [-0.25, -0.2) is 0 Å². The highest BCUT2D eigenvalue weighted by atomic mass is 19.4. The molecule has 1 aromatic carbocycles. The molecule has 1 heterocycles. The van der Waals surface area contributed by atoms with Crippen molar-refractivity contribution in [1.29, 1.82) is 0 Å². The highest BCUT2D eigenvalue weighted by Gasteiger charge is 2.40. The Morgan fingerprint density at radius 3 is 2.45 bits per heavy atom. The predicted molar refractivity (Wildman–Crippen MR) is 70.2 cm³/mol. The standard InChI is InChI=1S/C14H16F3N3/c1-20-10-8-12(19-20)7-9-18-13(14(15,16)17)11-5-3-2-4-6-11/h2-6,8,10,13,18H,7,9H2,1H3. The van der Waals surface area contributed by atoms with Crippen molar-refractivity contribution < 1.29 is 13.2 Å². The van der Waals surface area contributed by atoms with Gasteiger partial charge in [-0.3, -0.25) is 4.68 Å². The first kappa shape index (κ1) is 14.6. The summed E-state index contributed by atoms with van der Waals surface area (Å²) >= 11 is 0. The van der Waals surface area contributed by atoms with Crippen LogP contribution in [0.5, 0.6) is 0 Å². The van der Waals surface area contributed by atoms with Crippen LogP contribution in [0.15, 0.2) is 42.6 Å². The third-order valence-corrected chi connectivity index (χ3v) is 2.96. The molecule has 0 amide bonds. The predicted octanol–water partition coefficient (Wildman–Crippen LogP) is 2.86. The molecule has 20 heavy (non-hydrogen) atoms. The molecule has 108 valence electrons. The van der Waals surface area contributed by atoms with E-state index >= 15 is 0 Å². The molecule has 6 heteroatoms. The monoisotopic (exact) mass is 283 g/mol. The van der Waals surface area contributed by atoms with E-state index in [0.717, 1.165) is 5.69 Å². The minimum absolute atomic E-state index is 0.218. The first-order valence-corrected chi connectivity index (χ1v) is 6.30. The quantitative estimate of drug-likeness (QED) is 0.914. The van der Waals surface area contributed by atoms with Crippen LogP contribution in [0.1, 0.15) is 17.3 Å². The highest BCUT2D eigenvalue weighted by Crippen LogP contribution is 2.32. The molecule has 0 saturated heterocycles. The van der Waals surface area contributed by atoms with E-state index in [1.165, 1.54) is 12.1 Å². The molecular formula is C14H16F3N3. The molecule has 1 atom stereocenters. The number of halogens is 3. The van der Waals surface area contributed by atoms with Crippen LogP contribution in [-0.4, -0.2) is 22.5 Å². The topological polar surface area (TPSA) is 29.9 Å². The molecule has 0 aliphatic rings. The first-order valence-electron chi connectivity index (χ1n) is 6.30. The molecule has 1 unspecified atom stereocenters. The number of rotatable bonds is 5. The largest absolute Gasteiger partial charge is 0.407 e. The number of nitrogens with one attached hydrogen (secondary N) is 1. The fraction of sp³-hybridized carbons (Fsp3) is 0.357. The molecule has 0 radical (unpaired) electrons. The van der Waals surface area contributed by atoms with Gasteiger partial charge in [-0.1, -0.05) is 30.3 Å². The Morgan fingerprint density at radius 1 is 1.20 bits per heavy atom. The maximum Gasteiger partial charge on any atom is 0.407 e. The molecule has 2 aromatic rings. The van der Waals surface area contributed by atoms with E-state index in [1.54, 1.807) is 42.2 Å². The van der Waals surface area contributed by atoms with Gasteiger partial charge < -0.3 is 5.32 Å². The fourth-order valence-electron chi connectivity index (χ4n) is 2.01. The summed E-state index contributed by atoms with van der Waals surface area (Å²) in [5.41, 5.74) is 0.995. The summed E-state index contributed by atoms with van der Waals surface area (Å²) in [5.74, 6) is 0. The lowest BCUT2D eigenvalue weighted by atomic mass is 10.1. The molecule has 0 saturated carbocycles. The SMILES string of the molecule is Cn1ccc(CCNC(c2ccccc2)C(F)(F)F)n1. The second kappa shape index (κ2) is 6.09. The summed E-state index contributed by atoms with van der Waals surface area (Å²) in [7, 11) is 1.78. The number of aromatic nitrogens is 2. The first-order chi connectivity index (χ1) is 9.47. The van der Waals surface area contributed by atoms with Crippen LogP contribution in [0.4, 0.5) is 13.2 Å². The zero-order valence-electron chi connectivity index (χ0n) is 11.1. The van der Waals surface area contributed by atoms with Gasteiger partial charge in [-0.2, -0.15) is 18.3 Å². The van der Waals surface area contributed by atoms with Gasteiger partial charge in [0.05, 0.1) is 5.69 Å². The number of benzene rings is 1. The molecule has 0 aliphatic carbocycles. The summed E-state index contributed by atoms with van der Waals surface area (Å²) in [6, 6.07) is 8.02. The van der Waals surface area contributed by atoms with Gasteiger partial charge in [-0.05, 0) is 11.6 Å². The molecule has 2 rings (SSSR count). The van der Waals surface area contributed by atoms with Gasteiger partial charge in [0, 0.05) is 26.2 Å².